The molecule has 0 unspecified atom stereocenters. The summed E-state index contributed by atoms with van der Waals surface area (Å²) in [5, 5.41) is 2.63. The molecule has 1 heterocycles. The fourth-order valence-corrected chi connectivity index (χ4v) is 2.17. The quantitative estimate of drug-likeness (QED) is 0.765. The zero-order valence-electron chi connectivity index (χ0n) is 9.06. The van der Waals surface area contributed by atoms with E-state index in [1.807, 2.05) is 24.3 Å². The van der Waals surface area contributed by atoms with Crippen molar-refractivity contribution in [1.82, 2.24) is 4.98 Å². The van der Waals surface area contributed by atoms with E-state index in [0.717, 1.165) is 16.3 Å². The number of methoxy groups -OCH3 is 1. The molecule has 16 heavy (non-hydrogen) atoms. The van der Waals surface area contributed by atoms with Crippen LogP contribution >= 0.6 is 11.3 Å². The van der Waals surface area contributed by atoms with Crippen LogP contribution in [0, 0.1) is 0 Å². The number of nitrogens with zero attached hydrogens (tertiary/aromatic N) is 1. The Kier molecular flexibility index (Phi) is 3.01. The minimum atomic E-state index is -0.00369. The van der Waals surface area contributed by atoms with E-state index in [1.54, 1.807) is 12.5 Å². The van der Waals surface area contributed by atoms with Crippen LogP contribution in [-0.4, -0.2) is 17.9 Å². The molecule has 0 fully saturated rings. The van der Waals surface area contributed by atoms with Gasteiger partial charge in [0.1, 0.15) is 16.5 Å². The van der Waals surface area contributed by atoms with Crippen LogP contribution in [0.4, 0.5) is 0 Å². The Hall–Kier alpha value is -1.68. The fraction of sp³-hybridized carbons (Fsp3) is 0.167. The maximum absolute atomic E-state index is 11.1. The second-order valence-electron chi connectivity index (χ2n) is 3.32. The van der Waals surface area contributed by atoms with Crippen LogP contribution in [0.25, 0.3) is 10.6 Å². The number of rotatable bonds is 3. The molecule has 0 radical (unpaired) electrons. The number of hydrogen-bond acceptors (Lipinski definition) is 4. The van der Waals surface area contributed by atoms with Gasteiger partial charge in [-0.15, -0.1) is 11.3 Å². The van der Waals surface area contributed by atoms with Gasteiger partial charge in [-0.2, -0.15) is 0 Å². The smallest absolute Gasteiger partial charge is 0.178 e. The lowest BCUT2D eigenvalue weighted by molar-refractivity contribution is 0.101. The molecule has 1 aromatic carbocycles. The molecule has 0 aliphatic carbocycles. The van der Waals surface area contributed by atoms with Crippen LogP contribution in [0.5, 0.6) is 5.75 Å². The van der Waals surface area contributed by atoms with Crippen molar-refractivity contribution in [1.29, 1.82) is 0 Å². The lowest BCUT2D eigenvalue weighted by Crippen LogP contribution is -1.91. The molecule has 0 aliphatic rings. The molecule has 3 nitrogen and oxygen atoms in total. The first kappa shape index (κ1) is 10.8. The second kappa shape index (κ2) is 4.45. The van der Waals surface area contributed by atoms with Gasteiger partial charge in [0.05, 0.1) is 7.11 Å². The van der Waals surface area contributed by atoms with Crippen LogP contribution in [0.2, 0.25) is 0 Å². The molecule has 4 heteroatoms. The summed E-state index contributed by atoms with van der Waals surface area (Å²) in [7, 11) is 1.63. The average Bonchev–Trinajstić information content (AvgIpc) is 2.78. The molecular weight excluding hydrogens is 222 g/mol. The monoisotopic (exact) mass is 233 g/mol. The zero-order valence-corrected chi connectivity index (χ0v) is 9.88. The Balaban J connectivity index is 2.31. The molecule has 0 bridgehead atoms. The summed E-state index contributed by atoms with van der Waals surface area (Å²) in [6.07, 6.45) is 0. The SMILES string of the molecule is COc1ccc(-c2nc(C(C)=O)cs2)cc1. The number of carbonyl (C=O) groups is 1. The van der Waals surface area contributed by atoms with Gasteiger partial charge in [0.25, 0.3) is 0 Å². The first-order valence-electron chi connectivity index (χ1n) is 4.81. The first-order valence-corrected chi connectivity index (χ1v) is 5.69. The number of benzene rings is 1. The lowest BCUT2D eigenvalue weighted by atomic mass is 10.2. The van der Waals surface area contributed by atoms with Crippen molar-refractivity contribution in [2.75, 3.05) is 7.11 Å². The second-order valence-corrected chi connectivity index (χ2v) is 4.18. The van der Waals surface area contributed by atoms with E-state index in [0.29, 0.717) is 5.69 Å². The summed E-state index contributed by atoms with van der Waals surface area (Å²) in [6, 6.07) is 7.62. The highest BCUT2D eigenvalue weighted by atomic mass is 32.1. The van der Waals surface area contributed by atoms with Crippen molar-refractivity contribution >= 4 is 17.1 Å². The number of thiazole rings is 1. The van der Waals surface area contributed by atoms with E-state index >= 15 is 0 Å². The van der Waals surface area contributed by atoms with E-state index in [-0.39, 0.29) is 5.78 Å². The molecule has 0 saturated carbocycles. The molecule has 0 saturated heterocycles. The third-order valence-electron chi connectivity index (χ3n) is 2.20. The van der Waals surface area contributed by atoms with Gasteiger partial charge in [-0.1, -0.05) is 0 Å². The van der Waals surface area contributed by atoms with Crippen molar-refractivity contribution in [2.24, 2.45) is 0 Å². The molecule has 1 aromatic heterocycles. The molecule has 0 aliphatic heterocycles. The van der Waals surface area contributed by atoms with Crippen molar-refractivity contribution < 1.29 is 9.53 Å². The maximum Gasteiger partial charge on any atom is 0.178 e. The molecule has 82 valence electrons. The summed E-state index contributed by atoms with van der Waals surface area (Å²) in [5.74, 6) is 0.808. The average molecular weight is 233 g/mol. The number of ether oxygens (including phenoxy) is 1. The summed E-state index contributed by atoms with van der Waals surface area (Å²) in [6.45, 7) is 1.52. The Labute approximate surface area is 97.7 Å². The highest BCUT2D eigenvalue weighted by Gasteiger charge is 2.07. The summed E-state index contributed by atoms with van der Waals surface area (Å²) >= 11 is 1.47. The van der Waals surface area contributed by atoms with E-state index < -0.39 is 0 Å². The van der Waals surface area contributed by atoms with Crippen LogP contribution < -0.4 is 4.74 Å². The molecule has 0 N–H and O–H groups in total. The van der Waals surface area contributed by atoms with Crippen molar-refractivity contribution in [3.05, 3.63) is 35.3 Å². The normalized spacial score (nSPS) is 10.1. The minimum Gasteiger partial charge on any atom is -0.497 e. The third kappa shape index (κ3) is 2.12. The van der Waals surface area contributed by atoms with Gasteiger partial charge in [-0.3, -0.25) is 4.79 Å². The van der Waals surface area contributed by atoms with Crippen molar-refractivity contribution in [2.45, 2.75) is 6.92 Å². The standard InChI is InChI=1S/C12H11NO2S/c1-8(14)11-7-16-12(13-11)9-3-5-10(15-2)6-4-9/h3-7H,1-2H3. The highest BCUT2D eigenvalue weighted by molar-refractivity contribution is 7.13. The molecule has 0 amide bonds. The highest BCUT2D eigenvalue weighted by Crippen LogP contribution is 2.25. The van der Waals surface area contributed by atoms with Crippen LogP contribution in [0.1, 0.15) is 17.4 Å². The molecule has 2 rings (SSSR count). The van der Waals surface area contributed by atoms with Gasteiger partial charge in [0.15, 0.2) is 5.78 Å². The van der Waals surface area contributed by atoms with Crippen molar-refractivity contribution in [3.63, 3.8) is 0 Å². The van der Waals surface area contributed by atoms with Crippen LogP contribution in [0.3, 0.4) is 0 Å². The summed E-state index contributed by atoms with van der Waals surface area (Å²) in [5.41, 5.74) is 1.52. The number of aromatic nitrogens is 1. The van der Waals surface area contributed by atoms with E-state index in [1.165, 1.54) is 18.3 Å². The zero-order chi connectivity index (χ0) is 11.5. The largest absolute Gasteiger partial charge is 0.497 e. The number of carbonyl (C=O) groups excluding carboxylic acids is 1. The molecule has 0 spiro atoms. The topological polar surface area (TPSA) is 39.2 Å². The Morgan fingerprint density at radius 2 is 2.00 bits per heavy atom. The van der Waals surface area contributed by atoms with Gasteiger partial charge < -0.3 is 4.74 Å². The molecule has 2 aromatic rings. The van der Waals surface area contributed by atoms with Crippen LogP contribution in [-0.2, 0) is 0 Å². The Morgan fingerprint density at radius 3 is 2.50 bits per heavy atom. The summed E-state index contributed by atoms with van der Waals surface area (Å²) in [4.78, 5) is 15.4. The molecular formula is C12H11NO2S. The van der Waals surface area contributed by atoms with Crippen molar-refractivity contribution in [3.8, 4) is 16.3 Å². The predicted molar refractivity (Wildman–Crippen MR) is 64.1 cm³/mol. The van der Waals surface area contributed by atoms with E-state index in [4.69, 9.17) is 4.74 Å². The first-order chi connectivity index (χ1) is 7.70. The fourth-order valence-electron chi connectivity index (χ4n) is 1.30. The van der Waals surface area contributed by atoms with E-state index in [2.05, 4.69) is 4.98 Å². The van der Waals surface area contributed by atoms with Gasteiger partial charge >= 0.3 is 0 Å². The minimum absolute atomic E-state index is 0.00369. The Morgan fingerprint density at radius 1 is 1.31 bits per heavy atom. The predicted octanol–water partition coefficient (Wildman–Crippen LogP) is 3.02. The van der Waals surface area contributed by atoms with Gasteiger partial charge in [0.2, 0.25) is 0 Å². The summed E-state index contributed by atoms with van der Waals surface area (Å²) < 4.78 is 5.08. The number of ketones is 1. The number of Topliss-reactive ketones (excluding diaryl/α,β-unsaturated/α-hetero) is 1. The van der Waals surface area contributed by atoms with E-state index in [9.17, 15) is 4.79 Å². The van der Waals surface area contributed by atoms with Gasteiger partial charge in [-0.25, -0.2) is 4.98 Å². The van der Waals surface area contributed by atoms with Gasteiger partial charge in [-0.05, 0) is 24.3 Å². The van der Waals surface area contributed by atoms with Crippen LogP contribution in [0.15, 0.2) is 29.6 Å². The maximum atomic E-state index is 11.1. The molecule has 0 atom stereocenters. The third-order valence-corrected chi connectivity index (χ3v) is 3.09. The van der Waals surface area contributed by atoms with Gasteiger partial charge in [0, 0.05) is 17.9 Å². The Bertz CT molecular complexity index is 502. The number of hydrogen-bond donors (Lipinski definition) is 0. The lowest BCUT2D eigenvalue weighted by Gasteiger charge is -1.99.